The van der Waals surface area contributed by atoms with Gasteiger partial charge in [-0.15, -0.1) is 6.58 Å². The molecule has 0 saturated carbocycles. The van der Waals surface area contributed by atoms with Gasteiger partial charge >= 0.3 is 0 Å². The molecule has 0 amide bonds. The Morgan fingerprint density at radius 1 is 1.33 bits per heavy atom. The number of aryl methyl sites for hydroxylation is 2. The maximum Gasteiger partial charge on any atom is 0.134 e. The summed E-state index contributed by atoms with van der Waals surface area (Å²) in [6.07, 6.45) is 1.95. The van der Waals surface area contributed by atoms with Crippen LogP contribution in [0, 0.1) is 13.8 Å². The molecular weight excluding hydrogens is 258 g/mol. The summed E-state index contributed by atoms with van der Waals surface area (Å²) >= 11 is 0. The fraction of sp³-hybridized carbons (Fsp3) is 0.611. The van der Waals surface area contributed by atoms with Crippen LogP contribution >= 0.6 is 0 Å². The normalized spacial score (nSPS) is 11.8. The molecule has 1 rings (SSSR count). The molecule has 0 spiro atoms. The van der Waals surface area contributed by atoms with Crippen LogP contribution in [-0.2, 0) is 6.54 Å². The molecule has 21 heavy (non-hydrogen) atoms. The first-order valence-electron chi connectivity index (χ1n) is 7.75. The highest BCUT2D eigenvalue weighted by atomic mass is 15.2. The van der Waals surface area contributed by atoms with Gasteiger partial charge in [0.25, 0.3) is 0 Å². The van der Waals surface area contributed by atoms with Crippen molar-refractivity contribution in [3.05, 3.63) is 35.5 Å². The Balaban J connectivity index is 3.32. The van der Waals surface area contributed by atoms with Gasteiger partial charge in [0.15, 0.2) is 0 Å². The van der Waals surface area contributed by atoms with Gasteiger partial charge in [-0.25, -0.2) is 4.98 Å². The number of anilines is 1. The van der Waals surface area contributed by atoms with E-state index in [1.807, 2.05) is 6.08 Å². The number of pyridine rings is 1. The SMILES string of the molecule is C=CCN(c1nc(C)cc(C)c1CNC(C)C)C(C)(C)C. The monoisotopic (exact) mass is 289 g/mol. The standard InChI is InChI=1S/C18H31N3/c1-9-10-21(18(6,7)8)17-16(12-19-13(2)3)14(4)11-15(5)20-17/h9,11,13,19H,1,10,12H2,2-8H3. The summed E-state index contributed by atoms with van der Waals surface area (Å²) < 4.78 is 0. The Morgan fingerprint density at radius 3 is 2.43 bits per heavy atom. The molecule has 1 heterocycles. The van der Waals surface area contributed by atoms with E-state index in [9.17, 15) is 0 Å². The lowest BCUT2D eigenvalue weighted by atomic mass is 10.0. The third-order valence-corrected chi connectivity index (χ3v) is 3.52. The lowest BCUT2D eigenvalue weighted by Gasteiger charge is -2.38. The molecule has 0 bridgehead atoms. The molecule has 0 atom stereocenters. The first-order valence-corrected chi connectivity index (χ1v) is 7.75. The Hall–Kier alpha value is -1.35. The molecule has 0 aliphatic carbocycles. The quantitative estimate of drug-likeness (QED) is 0.803. The van der Waals surface area contributed by atoms with Gasteiger partial charge < -0.3 is 10.2 Å². The van der Waals surface area contributed by atoms with E-state index in [-0.39, 0.29) is 5.54 Å². The number of hydrogen-bond acceptors (Lipinski definition) is 3. The average molecular weight is 289 g/mol. The summed E-state index contributed by atoms with van der Waals surface area (Å²) in [6.45, 7) is 20.8. The Labute approximate surface area is 130 Å². The lowest BCUT2D eigenvalue weighted by molar-refractivity contribution is 0.511. The fourth-order valence-electron chi connectivity index (χ4n) is 2.40. The summed E-state index contributed by atoms with van der Waals surface area (Å²) in [5, 5.41) is 3.52. The van der Waals surface area contributed by atoms with Gasteiger partial charge in [-0.3, -0.25) is 0 Å². The summed E-state index contributed by atoms with van der Waals surface area (Å²) in [4.78, 5) is 7.17. The lowest BCUT2D eigenvalue weighted by Crippen LogP contribution is -2.43. The van der Waals surface area contributed by atoms with Crippen LogP contribution in [0.2, 0.25) is 0 Å². The van der Waals surface area contributed by atoms with E-state index in [0.29, 0.717) is 6.04 Å². The maximum atomic E-state index is 4.84. The Bertz CT molecular complexity index is 484. The molecule has 1 aromatic heterocycles. The van der Waals surface area contributed by atoms with E-state index < -0.39 is 0 Å². The fourth-order valence-corrected chi connectivity index (χ4v) is 2.40. The van der Waals surface area contributed by atoms with E-state index in [4.69, 9.17) is 4.98 Å². The first-order chi connectivity index (χ1) is 9.66. The average Bonchev–Trinajstić information content (AvgIpc) is 2.32. The van der Waals surface area contributed by atoms with E-state index in [1.165, 1.54) is 11.1 Å². The Morgan fingerprint density at radius 2 is 1.95 bits per heavy atom. The van der Waals surface area contributed by atoms with Crippen LogP contribution in [0.3, 0.4) is 0 Å². The number of rotatable bonds is 6. The molecule has 1 N–H and O–H groups in total. The number of aromatic nitrogens is 1. The molecule has 0 unspecified atom stereocenters. The zero-order chi connectivity index (χ0) is 16.2. The molecule has 0 aliphatic rings. The summed E-state index contributed by atoms with van der Waals surface area (Å²) in [5.74, 6) is 1.08. The second kappa shape index (κ2) is 7.08. The van der Waals surface area contributed by atoms with Crippen molar-refractivity contribution in [1.29, 1.82) is 0 Å². The van der Waals surface area contributed by atoms with Crippen molar-refractivity contribution < 1.29 is 0 Å². The van der Waals surface area contributed by atoms with E-state index in [0.717, 1.165) is 24.6 Å². The highest BCUT2D eigenvalue weighted by molar-refractivity contribution is 5.53. The van der Waals surface area contributed by atoms with Crippen molar-refractivity contribution in [1.82, 2.24) is 10.3 Å². The van der Waals surface area contributed by atoms with Crippen molar-refractivity contribution in [3.63, 3.8) is 0 Å². The van der Waals surface area contributed by atoms with Gasteiger partial charge in [0, 0.05) is 35.9 Å². The van der Waals surface area contributed by atoms with Crippen molar-refractivity contribution in [2.75, 3.05) is 11.4 Å². The van der Waals surface area contributed by atoms with Gasteiger partial charge in [-0.05, 0) is 46.2 Å². The minimum Gasteiger partial charge on any atom is -0.348 e. The Kier molecular flexibility index (Phi) is 5.97. The van der Waals surface area contributed by atoms with E-state index in [2.05, 4.69) is 71.3 Å². The van der Waals surface area contributed by atoms with Crippen LogP contribution in [0.1, 0.15) is 51.4 Å². The molecule has 3 nitrogen and oxygen atoms in total. The molecule has 0 fully saturated rings. The topological polar surface area (TPSA) is 28.2 Å². The molecule has 1 aromatic rings. The predicted octanol–water partition coefficient (Wildman–Crippen LogP) is 3.99. The zero-order valence-electron chi connectivity index (χ0n) is 14.7. The van der Waals surface area contributed by atoms with Gasteiger partial charge in [0.2, 0.25) is 0 Å². The third kappa shape index (κ3) is 4.85. The third-order valence-electron chi connectivity index (χ3n) is 3.52. The number of nitrogens with one attached hydrogen (secondary N) is 1. The van der Waals surface area contributed by atoms with Crippen LogP contribution in [0.25, 0.3) is 0 Å². The highest BCUT2D eigenvalue weighted by Gasteiger charge is 2.25. The van der Waals surface area contributed by atoms with Crippen molar-refractivity contribution >= 4 is 5.82 Å². The van der Waals surface area contributed by atoms with Crippen molar-refractivity contribution in [2.45, 2.75) is 66.6 Å². The smallest absolute Gasteiger partial charge is 0.134 e. The van der Waals surface area contributed by atoms with Crippen LogP contribution < -0.4 is 10.2 Å². The second-order valence-electron chi connectivity index (χ2n) is 6.99. The predicted molar refractivity (Wildman–Crippen MR) is 93.0 cm³/mol. The maximum absolute atomic E-state index is 4.84. The van der Waals surface area contributed by atoms with Gasteiger partial charge in [0.05, 0.1) is 0 Å². The van der Waals surface area contributed by atoms with Gasteiger partial charge in [0.1, 0.15) is 5.82 Å². The summed E-state index contributed by atoms with van der Waals surface area (Å²) in [5.41, 5.74) is 3.65. The molecule has 3 heteroatoms. The molecule has 0 aromatic carbocycles. The van der Waals surface area contributed by atoms with Crippen LogP contribution in [0.5, 0.6) is 0 Å². The molecular formula is C18H31N3. The zero-order valence-corrected chi connectivity index (χ0v) is 14.7. The summed E-state index contributed by atoms with van der Waals surface area (Å²) in [7, 11) is 0. The summed E-state index contributed by atoms with van der Waals surface area (Å²) in [6, 6.07) is 2.62. The van der Waals surface area contributed by atoms with Gasteiger partial charge in [-0.1, -0.05) is 19.9 Å². The number of nitrogens with zero attached hydrogens (tertiary/aromatic N) is 2. The van der Waals surface area contributed by atoms with E-state index >= 15 is 0 Å². The van der Waals surface area contributed by atoms with Crippen molar-refractivity contribution in [2.24, 2.45) is 0 Å². The minimum atomic E-state index is 0.00794. The number of hydrogen-bond donors (Lipinski definition) is 1. The van der Waals surface area contributed by atoms with Crippen LogP contribution in [0.4, 0.5) is 5.82 Å². The first kappa shape index (κ1) is 17.7. The van der Waals surface area contributed by atoms with Crippen LogP contribution in [0.15, 0.2) is 18.7 Å². The molecule has 0 saturated heterocycles. The van der Waals surface area contributed by atoms with Crippen molar-refractivity contribution in [3.8, 4) is 0 Å². The molecule has 0 aliphatic heterocycles. The largest absolute Gasteiger partial charge is 0.348 e. The van der Waals surface area contributed by atoms with Crippen LogP contribution in [-0.4, -0.2) is 23.1 Å². The second-order valence-corrected chi connectivity index (χ2v) is 6.99. The van der Waals surface area contributed by atoms with E-state index in [1.54, 1.807) is 0 Å². The minimum absolute atomic E-state index is 0.00794. The van der Waals surface area contributed by atoms with Gasteiger partial charge in [-0.2, -0.15) is 0 Å². The molecule has 0 radical (unpaired) electrons. The molecule has 118 valence electrons. The highest BCUT2D eigenvalue weighted by Crippen LogP contribution is 2.28.